The minimum absolute atomic E-state index is 0.0892. The first-order chi connectivity index (χ1) is 17.4. The van der Waals surface area contributed by atoms with Crippen molar-refractivity contribution in [2.75, 3.05) is 12.4 Å². The molecule has 4 rings (SSSR count). The molecule has 0 aliphatic rings. The first-order valence-corrected chi connectivity index (χ1v) is 11.2. The minimum atomic E-state index is -0.491. The van der Waals surface area contributed by atoms with Crippen molar-refractivity contribution in [3.8, 4) is 11.3 Å². The van der Waals surface area contributed by atoms with E-state index in [1.807, 2.05) is 6.07 Å². The van der Waals surface area contributed by atoms with E-state index in [2.05, 4.69) is 20.6 Å². The second kappa shape index (κ2) is 10.8. The van der Waals surface area contributed by atoms with E-state index >= 15 is 0 Å². The van der Waals surface area contributed by atoms with Crippen molar-refractivity contribution in [3.05, 3.63) is 112 Å². The maximum Gasteiger partial charge on any atom is 0.275 e. The average Bonchev–Trinajstić information content (AvgIpc) is 2.91. The van der Waals surface area contributed by atoms with Gasteiger partial charge in [0.15, 0.2) is 5.78 Å². The number of rotatable bonds is 8. The molecule has 3 heterocycles. The van der Waals surface area contributed by atoms with Gasteiger partial charge in [-0.05, 0) is 74.1 Å². The van der Waals surface area contributed by atoms with Gasteiger partial charge >= 0.3 is 0 Å². The van der Waals surface area contributed by atoms with Crippen molar-refractivity contribution in [2.45, 2.75) is 19.5 Å². The van der Waals surface area contributed by atoms with Crippen LogP contribution >= 0.6 is 0 Å². The molecule has 9 heteroatoms. The van der Waals surface area contributed by atoms with Crippen LogP contribution in [-0.4, -0.2) is 39.3 Å². The van der Waals surface area contributed by atoms with Crippen LogP contribution in [0.25, 0.3) is 11.3 Å². The van der Waals surface area contributed by atoms with Crippen molar-refractivity contribution >= 4 is 17.4 Å². The van der Waals surface area contributed by atoms with Gasteiger partial charge in [-0.15, -0.1) is 0 Å². The predicted molar refractivity (Wildman–Crippen MR) is 134 cm³/mol. The Morgan fingerprint density at radius 2 is 1.78 bits per heavy atom. The van der Waals surface area contributed by atoms with Crippen LogP contribution < -0.4 is 16.2 Å². The highest BCUT2D eigenvalue weighted by Gasteiger charge is 2.17. The van der Waals surface area contributed by atoms with Gasteiger partial charge in [0.1, 0.15) is 11.5 Å². The minimum Gasteiger partial charge on any atom is -0.320 e. The number of pyridine rings is 3. The SMILES string of the molecule is CNC(C)C(=O)Nc1ccc(-c2cccnc2)n(Cc2cncc(C(=O)c3ccc(F)cc3)c2)c1=O. The smallest absolute Gasteiger partial charge is 0.275 e. The van der Waals surface area contributed by atoms with Crippen molar-refractivity contribution < 1.29 is 14.0 Å². The van der Waals surface area contributed by atoms with Gasteiger partial charge < -0.3 is 15.2 Å². The van der Waals surface area contributed by atoms with Gasteiger partial charge in [-0.1, -0.05) is 0 Å². The van der Waals surface area contributed by atoms with Gasteiger partial charge in [-0.25, -0.2) is 4.39 Å². The Balaban J connectivity index is 1.73. The number of ketones is 1. The monoisotopic (exact) mass is 485 g/mol. The number of hydrogen-bond donors (Lipinski definition) is 2. The maximum absolute atomic E-state index is 13.5. The summed E-state index contributed by atoms with van der Waals surface area (Å²) in [5.74, 6) is -1.09. The fourth-order valence-corrected chi connectivity index (χ4v) is 3.62. The van der Waals surface area contributed by atoms with Crippen molar-refractivity contribution in [3.63, 3.8) is 0 Å². The molecule has 0 aliphatic carbocycles. The predicted octanol–water partition coefficient (Wildman–Crippen LogP) is 3.27. The molecule has 0 spiro atoms. The molecule has 8 nitrogen and oxygen atoms in total. The highest BCUT2D eigenvalue weighted by molar-refractivity contribution is 6.08. The Kier molecular flexibility index (Phi) is 7.41. The Labute approximate surface area is 206 Å². The number of carbonyl (C=O) groups is 2. The molecule has 0 bridgehead atoms. The Morgan fingerprint density at radius 3 is 2.47 bits per heavy atom. The first-order valence-electron chi connectivity index (χ1n) is 11.2. The molecule has 1 unspecified atom stereocenters. The molecule has 182 valence electrons. The van der Waals surface area contributed by atoms with Gasteiger partial charge in [-0.3, -0.25) is 24.4 Å². The van der Waals surface area contributed by atoms with Gasteiger partial charge in [0.2, 0.25) is 5.91 Å². The van der Waals surface area contributed by atoms with E-state index in [1.165, 1.54) is 35.0 Å². The standard InChI is InChI=1S/C27H24FN5O3/c1-17(29-2)26(35)32-23-9-10-24(20-4-3-11-30-14-20)33(27(23)36)16-18-12-21(15-31-13-18)25(34)19-5-7-22(28)8-6-19/h3-15,17,29H,16H2,1-2H3,(H,32,35). The van der Waals surface area contributed by atoms with Gasteiger partial charge in [-0.2, -0.15) is 0 Å². The molecule has 4 aromatic rings. The quantitative estimate of drug-likeness (QED) is 0.371. The number of carbonyl (C=O) groups excluding carboxylic acids is 2. The summed E-state index contributed by atoms with van der Waals surface area (Å²) in [5, 5.41) is 5.51. The van der Waals surface area contributed by atoms with E-state index in [4.69, 9.17) is 0 Å². The van der Waals surface area contributed by atoms with E-state index in [0.29, 0.717) is 27.9 Å². The zero-order valence-electron chi connectivity index (χ0n) is 19.7. The van der Waals surface area contributed by atoms with Crippen LogP contribution in [0.15, 0.2) is 84.2 Å². The van der Waals surface area contributed by atoms with Crippen LogP contribution in [0.2, 0.25) is 0 Å². The molecular weight excluding hydrogens is 461 g/mol. The van der Waals surface area contributed by atoms with E-state index in [9.17, 15) is 18.8 Å². The number of halogens is 1. The molecule has 0 saturated heterocycles. The lowest BCUT2D eigenvalue weighted by Gasteiger charge is -2.17. The summed E-state index contributed by atoms with van der Waals surface area (Å²) >= 11 is 0. The van der Waals surface area contributed by atoms with Crippen molar-refractivity contribution in [1.29, 1.82) is 0 Å². The molecule has 3 aromatic heterocycles. The highest BCUT2D eigenvalue weighted by Crippen LogP contribution is 2.20. The topological polar surface area (TPSA) is 106 Å². The van der Waals surface area contributed by atoms with Crippen LogP contribution in [0, 0.1) is 5.82 Å². The summed E-state index contributed by atoms with van der Waals surface area (Å²) in [7, 11) is 1.65. The summed E-state index contributed by atoms with van der Waals surface area (Å²) in [5.41, 5.74) is 2.24. The number of nitrogens with zero attached hydrogens (tertiary/aromatic N) is 3. The van der Waals surface area contributed by atoms with Crippen LogP contribution in [-0.2, 0) is 11.3 Å². The van der Waals surface area contributed by atoms with Gasteiger partial charge in [0, 0.05) is 41.5 Å². The maximum atomic E-state index is 13.5. The van der Waals surface area contributed by atoms with E-state index in [0.717, 1.165) is 0 Å². The summed E-state index contributed by atoms with van der Waals surface area (Å²) in [6.45, 7) is 1.78. The number of likely N-dealkylation sites (N-methyl/N-ethyl adjacent to an activating group) is 1. The van der Waals surface area contributed by atoms with Gasteiger partial charge in [0.05, 0.1) is 18.3 Å². The van der Waals surface area contributed by atoms with Crippen molar-refractivity contribution in [1.82, 2.24) is 19.9 Å². The lowest BCUT2D eigenvalue weighted by molar-refractivity contribution is -0.117. The molecule has 1 atom stereocenters. The molecule has 0 aliphatic heterocycles. The third-order valence-corrected chi connectivity index (χ3v) is 5.72. The fraction of sp³-hybridized carbons (Fsp3) is 0.148. The number of amides is 1. The molecule has 1 aromatic carbocycles. The highest BCUT2D eigenvalue weighted by atomic mass is 19.1. The largest absolute Gasteiger partial charge is 0.320 e. The fourth-order valence-electron chi connectivity index (χ4n) is 3.62. The number of nitrogens with one attached hydrogen (secondary N) is 2. The number of aromatic nitrogens is 3. The third kappa shape index (κ3) is 5.42. The van der Waals surface area contributed by atoms with Crippen LogP contribution in [0.4, 0.5) is 10.1 Å². The summed E-state index contributed by atoms with van der Waals surface area (Å²) in [4.78, 5) is 47.1. The molecule has 0 saturated carbocycles. The molecule has 0 radical (unpaired) electrons. The molecule has 1 amide bonds. The van der Waals surface area contributed by atoms with Crippen molar-refractivity contribution in [2.24, 2.45) is 0 Å². The number of benzene rings is 1. The van der Waals surface area contributed by atoms with Crippen LogP contribution in [0.3, 0.4) is 0 Å². The Bertz CT molecular complexity index is 1450. The molecule has 36 heavy (non-hydrogen) atoms. The zero-order chi connectivity index (χ0) is 25.7. The summed E-state index contributed by atoms with van der Waals surface area (Å²) in [6, 6.07) is 13.3. The van der Waals surface area contributed by atoms with Crippen LogP contribution in [0.5, 0.6) is 0 Å². The number of hydrogen-bond acceptors (Lipinski definition) is 6. The molecule has 0 fully saturated rings. The van der Waals surface area contributed by atoms with E-state index in [-0.39, 0.29) is 23.9 Å². The lowest BCUT2D eigenvalue weighted by atomic mass is 10.0. The lowest BCUT2D eigenvalue weighted by Crippen LogP contribution is -2.37. The third-order valence-electron chi connectivity index (χ3n) is 5.72. The van der Waals surface area contributed by atoms with E-state index in [1.54, 1.807) is 56.8 Å². The second-order valence-electron chi connectivity index (χ2n) is 8.18. The summed E-state index contributed by atoms with van der Waals surface area (Å²) < 4.78 is 14.8. The molecule has 2 N–H and O–H groups in total. The normalized spacial score (nSPS) is 11.6. The Hall–Kier alpha value is -4.50. The Morgan fingerprint density at radius 1 is 1.00 bits per heavy atom. The average molecular weight is 486 g/mol. The van der Waals surface area contributed by atoms with Gasteiger partial charge in [0.25, 0.3) is 5.56 Å². The summed E-state index contributed by atoms with van der Waals surface area (Å²) in [6.07, 6.45) is 6.26. The van der Waals surface area contributed by atoms with E-state index < -0.39 is 17.4 Å². The zero-order valence-corrected chi connectivity index (χ0v) is 19.7. The number of anilines is 1. The van der Waals surface area contributed by atoms with Crippen LogP contribution in [0.1, 0.15) is 28.4 Å². The second-order valence-corrected chi connectivity index (χ2v) is 8.18. The molecular formula is C27H24FN5O3. The first kappa shape index (κ1) is 24.6.